The van der Waals surface area contributed by atoms with Crippen molar-refractivity contribution < 1.29 is 19.1 Å². The van der Waals surface area contributed by atoms with Gasteiger partial charge in [0.2, 0.25) is 0 Å². The fourth-order valence-electron chi connectivity index (χ4n) is 3.03. The Bertz CT molecular complexity index is 1160. The maximum Gasteiger partial charge on any atom is 0.255 e. The summed E-state index contributed by atoms with van der Waals surface area (Å²) in [5.74, 6) is -0.228. The molecule has 3 rings (SSSR count). The Hall–Kier alpha value is -4.40. The number of ether oxygens (including phenoxy) is 2. The molecule has 9 nitrogen and oxygen atoms in total. The van der Waals surface area contributed by atoms with Crippen molar-refractivity contribution in [2.45, 2.75) is 20.1 Å². The van der Waals surface area contributed by atoms with Crippen LogP contribution in [0.5, 0.6) is 11.5 Å². The average Bonchev–Trinajstić information content (AvgIpc) is 2.80. The third kappa shape index (κ3) is 6.79. The van der Waals surface area contributed by atoms with Gasteiger partial charge in [0.25, 0.3) is 11.8 Å². The van der Waals surface area contributed by atoms with Crippen LogP contribution in [0.2, 0.25) is 0 Å². The van der Waals surface area contributed by atoms with Crippen molar-refractivity contribution in [3.8, 4) is 11.5 Å². The van der Waals surface area contributed by atoms with E-state index < -0.39 is 5.91 Å². The number of nitrogens with one attached hydrogen (secondary N) is 2. The molecule has 0 saturated carbocycles. The molecule has 2 aromatic carbocycles. The Morgan fingerprint density at radius 2 is 1.85 bits per heavy atom. The topological polar surface area (TPSA) is 153 Å². The Kier molecular flexibility index (Phi) is 7.59. The number of amidine groups is 1. The number of rotatable bonds is 10. The second-order valence-electron chi connectivity index (χ2n) is 7.32. The van der Waals surface area contributed by atoms with Gasteiger partial charge in [0.1, 0.15) is 23.9 Å². The number of hydrogen-bond acceptors (Lipinski definition) is 6. The monoisotopic (exact) mass is 447 g/mol. The van der Waals surface area contributed by atoms with Gasteiger partial charge in [0, 0.05) is 29.4 Å². The van der Waals surface area contributed by atoms with Crippen LogP contribution in [-0.2, 0) is 17.9 Å². The van der Waals surface area contributed by atoms with Gasteiger partial charge < -0.3 is 26.3 Å². The zero-order chi connectivity index (χ0) is 23.8. The maximum absolute atomic E-state index is 12.8. The molecule has 0 fully saturated rings. The SMILES string of the molecule is Cc1cc(OCc2ccccn2)cc(C(=O)NCc2ccc(C(=N)N)cc2OCC(N)=O)c1. The maximum atomic E-state index is 12.8. The fraction of sp³-hybridized carbons (Fsp3) is 0.167. The van der Waals surface area contributed by atoms with Crippen molar-refractivity contribution in [2.24, 2.45) is 11.5 Å². The first-order valence-electron chi connectivity index (χ1n) is 10.1. The molecule has 0 saturated heterocycles. The highest BCUT2D eigenvalue weighted by molar-refractivity contribution is 5.96. The number of nitrogens with zero attached hydrogens (tertiary/aromatic N) is 1. The van der Waals surface area contributed by atoms with Crippen molar-refractivity contribution in [1.82, 2.24) is 10.3 Å². The minimum absolute atomic E-state index is 0.128. The summed E-state index contributed by atoms with van der Waals surface area (Å²) in [6.45, 7) is 1.95. The summed E-state index contributed by atoms with van der Waals surface area (Å²) in [7, 11) is 0. The van der Waals surface area contributed by atoms with Crippen LogP contribution in [0.1, 0.15) is 32.7 Å². The summed E-state index contributed by atoms with van der Waals surface area (Å²) >= 11 is 0. The van der Waals surface area contributed by atoms with Crippen molar-refractivity contribution in [2.75, 3.05) is 6.61 Å². The summed E-state index contributed by atoms with van der Waals surface area (Å²) in [6, 6.07) is 15.7. The molecule has 3 aromatic rings. The number of amides is 2. The number of nitrogen functional groups attached to an aromatic ring is 1. The van der Waals surface area contributed by atoms with Gasteiger partial charge in [-0.15, -0.1) is 0 Å². The van der Waals surface area contributed by atoms with Crippen molar-refractivity contribution >= 4 is 17.6 Å². The Morgan fingerprint density at radius 3 is 2.55 bits per heavy atom. The fourth-order valence-corrected chi connectivity index (χ4v) is 3.03. The van der Waals surface area contributed by atoms with Crippen LogP contribution in [0.15, 0.2) is 60.8 Å². The zero-order valence-electron chi connectivity index (χ0n) is 18.1. The minimum atomic E-state index is -0.642. The molecule has 170 valence electrons. The van der Waals surface area contributed by atoms with Crippen LogP contribution in [0.3, 0.4) is 0 Å². The molecule has 9 heteroatoms. The van der Waals surface area contributed by atoms with Gasteiger partial charge in [0.05, 0.1) is 5.69 Å². The second-order valence-corrected chi connectivity index (χ2v) is 7.32. The highest BCUT2D eigenvalue weighted by Crippen LogP contribution is 2.22. The number of carbonyl (C=O) groups excluding carboxylic acids is 2. The highest BCUT2D eigenvalue weighted by atomic mass is 16.5. The Morgan fingerprint density at radius 1 is 1.03 bits per heavy atom. The van der Waals surface area contributed by atoms with Gasteiger partial charge in [-0.25, -0.2) is 0 Å². The quantitative estimate of drug-likeness (QED) is 0.276. The van der Waals surface area contributed by atoms with Gasteiger partial charge in [-0.2, -0.15) is 0 Å². The lowest BCUT2D eigenvalue weighted by atomic mass is 10.1. The summed E-state index contributed by atoms with van der Waals surface area (Å²) < 4.78 is 11.2. The summed E-state index contributed by atoms with van der Waals surface area (Å²) in [5.41, 5.74) is 13.8. The van der Waals surface area contributed by atoms with Crippen LogP contribution in [0.25, 0.3) is 0 Å². The molecule has 0 aliphatic rings. The molecule has 0 aliphatic carbocycles. The number of aromatic nitrogens is 1. The molecule has 0 atom stereocenters. The molecule has 0 unspecified atom stereocenters. The highest BCUT2D eigenvalue weighted by Gasteiger charge is 2.12. The van der Waals surface area contributed by atoms with Gasteiger partial charge >= 0.3 is 0 Å². The Labute approximate surface area is 191 Å². The summed E-state index contributed by atoms with van der Waals surface area (Å²) in [5, 5.41) is 10.4. The third-order valence-corrected chi connectivity index (χ3v) is 4.61. The van der Waals surface area contributed by atoms with Crippen molar-refractivity contribution in [1.29, 1.82) is 5.41 Å². The van der Waals surface area contributed by atoms with E-state index in [2.05, 4.69) is 10.3 Å². The van der Waals surface area contributed by atoms with Crippen molar-refractivity contribution in [3.63, 3.8) is 0 Å². The first-order valence-corrected chi connectivity index (χ1v) is 10.1. The van der Waals surface area contributed by atoms with Crippen LogP contribution in [0.4, 0.5) is 0 Å². The molecule has 6 N–H and O–H groups in total. The molecule has 0 bridgehead atoms. The number of carbonyl (C=O) groups is 2. The lowest BCUT2D eigenvalue weighted by Gasteiger charge is -2.14. The first kappa shape index (κ1) is 23.3. The zero-order valence-corrected chi connectivity index (χ0v) is 18.1. The molecule has 0 radical (unpaired) electrons. The molecular formula is C24H25N5O4. The average molecular weight is 447 g/mol. The van der Waals surface area contributed by atoms with Gasteiger partial charge in [0.15, 0.2) is 6.61 Å². The Balaban J connectivity index is 1.70. The lowest BCUT2D eigenvalue weighted by molar-refractivity contribution is -0.119. The van der Waals surface area contributed by atoms with Crippen LogP contribution >= 0.6 is 0 Å². The van der Waals surface area contributed by atoms with E-state index in [9.17, 15) is 9.59 Å². The molecule has 1 heterocycles. The summed E-state index contributed by atoms with van der Waals surface area (Å²) in [6.07, 6.45) is 1.69. The largest absolute Gasteiger partial charge is 0.487 e. The van der Waals surface area contributed by atoms with Crippen LogP contribution in [-0.4, -0.2) is 29.2 Å². The number of benzene rings is 2. The molecular weight excluding hydrogens is 422 g/mol. The van der Waals surface area contributed by atoms with E-state index in [1.54, 1.807) is 30.5 Å². The van der Waals surface area contributed by atoms with E-state index in [-0.39, 0.29) is 31.5 Å². The van der Waals surface area contributed by atoms with Crippen LogP contribution in [0, 0.1) is 12.3 Å². The number of aryl methyl sites for hydroxylation is 1. The molecule has 33 heavy (non-hydrogen) atoms. The number of pyridine rings is 1. The smallest absolute Gasteiger partial charge is 0.255 e. The molecule has 1 aromatic heterocycles. The van der Waals surface area contributed by atoms with Crippen LogP contribution < -0.4 is 26.3 Å². The van der Waals surface area contributed by atoms with E-state index in [0.717, 1.165) is 11.3 Å². The number of primary amides is 1. The molecule has 0 spiro atoms. The number of hydrogen-bond donors (Lipinski definition) is 4. The predicted molar refractivity (Wildman–Crippen MR) is 123 cm³/mol. The van der Waals surface area contributed by atoms with E-state index in [0.29, 0.717) is 28.2 Å². The number of nitrogens with two attached hydrogens (primary N) is 2. The molecule has 0 aliphatic heterocycles. The van der Waals surface area contributed by atoms with Crippen molar-refractivity contribution in [3.05, 3.63) is 88.7 Å². The van der Waals surface area contributed by atoms with E-state index in [1.165, 1.54) is 6.07 Å². The van der Waals surface area contributed by atoms with E-state index in [4.69, 9.17) is 26.4 Å². The normalized spacial score (nSPS) is 10.3. The van der Waals surface area contributed by atoms with E-state index in [1.807, 2.05) is 31.2 Å². The van der Waals surface area contributed by atoms with Gasteiger partial charge in [-0.3, -0.25) is 20.0 Å². The second kappa shape index (κ2) is 10.8. The van der Waals surface area contributed by atoms with Gasteiger partial charge in [-0.1, -0.05) is 18.2 Å². The van der Waals surface area contributed by atoms with Gasteiger partial charge in [-0.05, 0) is 48.9 Å². The predicted octanol–water partition coefficient (Wildman–Crippen LogP) is 2.05. The van der Waals surface area contributed by atoms with E-state index >= 15 is 0 Å². The first-order chi connectivity index (χ1) is 15.8. The molecule has 2 amide bonds. The standard InChI is InChI=1S/C24H25N5O4/c1-15-8-18(10-20(9-15)32-13-19-4-2-3-7-28-19)24(31)29-12-17-6-5-16(23(26)27)11-21(17)33-14-22(25)30/h2-11H,12-14H2,1H3,(H2,25,30)(H3,26,27)(H,29,31). The lowest BCUT2D eigenvalue weighted by Crippen LogP contribution is -2.24. The third-order valence-electron chi connectivity index (χ3n) is 4.61. The summed E-state index contributed by atoms with van der Waals surface area (Å²) in [4.78, 5) is 28.1. The minimum Gasteiger partial charge on any atom is -0.487 e.